The standard InChI is InChI=1S/C11H15N3O.ClH/c1-7-11(14-3-2-13-7)15-10-8-4-9(10)6-12-5-8;/h2-3,8-10,12H,4-6H2,1H3;1H/t8-,9+,10?;. The van der Waals surface area contributed by atoms with Crippen LogP contribution in [0.4, 0.5) is 0 Å². The van der Waals surface area contributed by atoms with Gasteiger partial charge in [-0.15, -0.1) is 12.4 Å². The molecule has 1 aromatic heterocycles. The molecular formula is C11H16ClN3O. The normalized spacial score (nSPS) is 31.2. The second-order valence-corrected chi connectivity index (χ2v) is 4.44. The Bertz CT molecular complexity index is 360. The van der Waals surface area contributed by atoms with Crippen molar-refractivity contribution in [2.45, 2.75) is 19.4 Å². The lowest BCUT2D eigenvalue weighted by molar-refractivity contribution is -0.0476. The molecule has 16 heavy (non-hydrogen) atoms. The summed E-state index contributed by atoms with van der Waals surface area (Å²) in [6.07, 6.45) is 5.05. The molecule has 0 radical (unpaired) electrons. The lowest BCUT2D eigenvalue weighted by atomic mass is 9.69. The minimum atomic E-state index is 0. The van der Waals surface area contributed by atoms with E-state index in [4.69, 9.17) is 4.74 Å². The summed E-state index contributed by atoms with van der Waals surface area (Å²) in [5.74, 6) is 2.05. The molecule has 1 aliphatic carbocycles. The van der Waals surface area contributed by atoms with Crippen molar-refractivity contribution in [1.29, 1.82) is 0 Å². The first kappa shape index (κ1) is 11.6. The van der Waals surface area contributed by atoms with E-state index < -0.39 is 0 Å². The summed E-state index contributed by atoms with van der Waals surface area (Å²) in [6, 6.07) is 0. The third-order valence-corrected chi connectivity index (χ3v) is 3.43. The van der Waals surface area contributed by atoms with E-state index in [9.17, 15) is 0 Å². The third kappa shape index (κ3) is 1.87. The number of nitrogens with one attached hydrogen (secondary N) is 1. The summed E-state index contributed by atoms with van der Waals surface area (Å²) >= 11 is 0. The first-order valence-corrected chi connectivity index (χ1v) is 5.49. The first-order valence-electron chi connectivity index (χ1n) is 5.49. The molecule has 2 aliphatic rings. The first-order chi connectivity index (χ1) is 7.34. The lowest BCUT2D eigenvalue weighted by Crippen LogP contribution is -2.59. The van der Waals surface area contributed by atoms with Crippen LogP contribution in [0, 0.1) is 18.8 Å². The summed E-state index contributed by atoms with van der Waals surface area (Å²) in [7, 11) is 0. The van der Waals surface area contributed by atoms with Crippen LogP contribution in [-0.2, 0) is 0 Å². The second kappa shape index (κ2) is 4.55. The van der Waals surface area contributed by atoms with Crippen molar-refractivity contribution in [2.75, 3.05) is 13.1 Å². The van der Waals surface area contributed by atoms with Gasteiger partial charge in [-0.1, -0.05) is 0 Å². The molecule has 4 nitrogen and oxygen atoms in total. The second-order valence-electron chi connectivity index (χ2n) is 4.44. The molecule has 2 heterocycles. The molecule has 1 unspecified atom stereocenters. The Hall–Kier alpha value is -0.870. The van der Waals surface area contributed by atoms with E-state index in [1.807, 2.05) is 6.92 Å². The van der Waals surface area contributed by atoms with Gasteiger partial charge in [-0.3, -0.25) is 4.98 Å². The molecule has 2 fully saturated rings. The Kier molecular flexibility index (Phi) is 3.30. The van der Waals surface area contributed by atoms with Gasteiger partial charge in [0, 0.05) is 37.3 Å². The van der Waals surface area contributed by atoms with Gasteiger partial charge < -0.3 is 10.1 Å². The Morgan fingerprint density at radius 3 is 2.56 bits per heavy atom. The number of ether oxygens (including phenoxy) is 1. The molecule has 3 atom stereocenters. The van der Waals surface area contributed by atoms with Gasteiger partial charge in [-0.25, -0.2) is 4.98 Å². The molecule has 2 bridgehead atoms. The lowest BCUT2D eigenvalue weighted by Gasteiger charge is -2.48. The SMILES string of the molecule is Cc1nccnc1OC1[C@@H]2CNC[C@H]1C2.Cl. The predicted molar refractivity (Wildman–Crippen MR) is 62.9 cm³/mol. The van der Waals surface area contributed by atoms with Crippen LogP contribution in [0.3, 0.4) is 0 Å². The molecule has 1 N–H and O–H groups in total. The van der Waals surface area contributed by atoms with Gasteiger partial charge in [-0.05, 0) is 13.3 Å². The molecular weight excluding hydrogens is 226 g/mol. The van der Waals surface area contributed by atoms with Gasteiger partial charge in [0.2, 0.25) is 5.88 Å². The van der Waals surface area contributed by atoms with Crippen molar-refractivity contribution < 1.29 is 4.74 Å². The minimum Gasteiger partial charge on any atom is -0.472 e. The van der Waals surface area contributed by atoms with Gasteiger partial charge in [0.15, 0.2) is 0 Å². The van der Waals surface area contributed by atoms with Crippen LogP contribution in [0.5, 0.6) is 5.88 Å². The van der Waals surface area contributed by atoms with E-state index in [2.05, 4.69) is 15.3 Å². The maximum Gasteiger partial charge on any atom is 0.235 e. The van der Waals surface area contributed by atoms with Gasteiger partial charge in [0.1, 0.15) is 6.10 Å². The highest BCUT2D eigenvalue weighted by Crippen LogP contribution is 2.39. The maximum absolute atomic E-state index is 5.93. The number of fused-ring (bicyclic) bond motifs is 2. The molecule has 88 valence electrons. The molecule has 1 saturated heterocycles. The average Bonchev–Trinajstić information content (AvgIpc) is 2.29. The fraction of sp³-hybridized carbons (Fsp3) is 0.636. The van der Waals surface area contributed by atoms with Crippen molar-refractivity contribution in [2.24, 2.45) is 11.8 Å². The van der Waals surface area contributed by atoms with Crippen molar-refractivity contribution in [3.8, 4) is 5.88 Å². The topological polar surface area (TPSA) is 47.0 Å². The number of piperidine rings is 2. The Morgan fingerprint density at radius 1 is 1.25 bits per heavy atom. The van der Waals surface area contributed by atoms with E-state index in [0.29, 0.717) is 23.8 Å². The number of aryl methyl sites for hydroxylation is 1. The van der Waals surface area contributed by atoms with Crippen LogP contribution in [0.1, 0.15) is 12.1 Å². The van der Waals surface area contributed by atoms with Crippen LogP contribution in [0.15, 0.2) is 12.4 Å². The quantitative estimate of drug-likeness (QED) is 0.845. The number of hydrogen-bond acceptors (Lipinski definition) is 4. The zero-order valence-corrected chi connectivity index (χ0v) is 10.0. The van der Waals surface area contributed by atoms with Crippen LogP contribution >= 0.6 is 12.4 Å². The molecule has 0 spiro atoms. The highest BCUT2D eigenvalue weighted by molar-refractivity contribution is 5.85. The van der Waals surface area contributed by atoms with Crippen molar-refractivity contribution in [3.63, 3.8) is 0 Å². The van der Waals surface area contributed by atoms with Gasteiger partial charge >= 0.3 is 0 Å². The van der Waals surface area contributed by atoms with E-state index in [1.54, 1.807) is 12.4 Å². The van der Waals surface area contributed by atoms with Crippen LogP contribution in [-0.4, -0.2) is 29.2 Å². The summed E-state index contributed by atoms with van der Waals surface area (Å²) in [5, 5.41) is 3.40. The van der Waals surface area contributed by atoms with Gasteiger partial charge in [0.05, 0.1) is 5.69 Å². The smallest absolute Gasteiger partial charge is 0.235 e. The van der Waals surface area contributed by atoms with Crippen LogP contribution in [0.2, 0.25) is 0 Å². The van der Waals surface area contributed by atoms with E-state index in [0.717, 1.165) is 18.8 Å². The van der Waals surface area contributed by atoms with Crippen molar-refractivity contribution in [1.82, 2.24) is 15.3 Å². The third-order valence-electron chi connectivity index (χ3n) is 3.43. The summed E-state index contributed by atoms with van der Waals surface area (Å²) in [6.45, 7) is 4.11. The molecule has 0 aromatic carbocycles. The molecule has 1 aromatic rings. The number of halogens is 1. The number of aromatic nitrogens is 2. The number of nitrogens with zero attached hydrogens (tertiary/aromatic N) is 2. The molecule has 0 amide bonds. The predicted octanol–water partition coefficient (Wildman–Crippen LogP) is 1.19. The zero-order valence-electron chi connectivity index (χ0n) is 9.22. The van der Waals surface area contributed by atoms with Crippen molar-refractivity contribution >= 4 is 12.4 Å². The monoisotopic (exact) mass is 241 g/mol. The molecule has 3 rings (SSSR count). The Morgan fingerprint density at radius 2 is 1.94 bits per heavy atom. The largest absolute Gasteiger partial charge is 0.472 e. The minimum absolute atomic E-state index is 0. The molecule has 5 heteroatoms. The average molecular weight is 242 g/mol. The van der Waals surface area contributed by atoms with Gasteiger partial charge in [0.25, 0.3) is 0 Å². The van der Waals surface area contributed by atoms with E-state index >= 15 is 0 Å². The highest BCUT2D eigenvalue weighted by Gasteiger charge is 2.45. The summed E-state index contributed by atoms with van der Waals surface area (Å²) < 4.78 is 5.93. The maximum atomic E-state index is 5.93. The molecule has 1 saturated carbocycles. The summed E-state index contributed by atoms with van der Waals surface area (Å²) in [5.41, 5.74) is 0.885. The van der Waals surface area contributed by atoms with Crippen LogP contribution < -0.4 is 10.1 Å². The Labute approximate surface area is 101 Å². The van der Waals surface area contributed by atoms with E-state index in [1.165, 1.54) is 6.42 Å². The fourth-order valence-electron chi connectivity index (χ4n) is 2.53. The summed E-state index contributed by atoms with van der Waals surface area (Å²) in [4.78, 5) is 8.40. The number of rotatable bonds is 2. The Balaban J connectivity index is 0.000000963. The van der Waals surface area contributed by atoms with Crippen LogP contribution in [0.25, 0.3) is 0 Å². The van der Waals surface area contributed by atoms with E-state index in [-0.39, 0.29) is 12.4 Å². The molecule has 1 aliphatic heterocycles. The highest BCUT2D eigenvalue weighted by atomic mass is 35.5. The fourth-order valence-corrected chi connectivity index (χ4v) is 2.53. The van der Waals surface area contributed by atoms with Crippen molar-refractivity contribution in [3.05, 3.63) is 18.1 Å². The zero-order chi connectivity index (χ0) is 10.3. The number of hydrogen-bond donors (Lipinski definition) is 1. The van der Waals surface area contributed by atoms with Gasteiger partial charge in [-0.2, -0.15) is 0 Å².